The van der Waals surface area contributed by atoms with E-state index in [0.717, 1.165) is 34.1 Å². The van der Waals surface area contributed by atoms with Crippen LogP contribution < -0.4 is 5.32 Å². The van der Waals surface area contributed by atoms with E-state index in [9.17, 15) is 4.79 Å². The first kappa shape index (κ1) is 22.3. The molecule has 0 aliphatic carbocycles. The summed E-state index contributed by atoms with van der Waals surface area (Å²) in [5, 5.41) is 14.7. The van der Waals surface area contributed by atoms with E-state index >= 15 is 0 Å². The van der Waals surface area contributed by atoms with Gasteiger partial charge in [-0.25, -0.2) is 0 Å². The van der Waals surface area contributed by atoms with Crippen molar-refractivity contribution in [2.24, 2.45) is 0 Å². The number of hydrogen-bond donors (Lipinski definition) is 1. The number of nitrogens with zero attached hydrogens (tertiary/aromatic N) is 3. The van der Waals surface area contributed by atoms with Gasteiger partial charge < -0.3 is 5.32 Å². The number of nitrogens with one attached hydrogen (secondary N) is 1. The van der Waals surface area contributed by atoms with Crippen LogP contribution >= 0.6 is 23.1 Å². The van der Waals surface area contributed by atoms with Crippen LogP contribution in [0.1, 0.15) is 37.3 Å². The molecule has 0 aliphatic rings. The van der Waals surface area contributed by atoms with Gasteiger partial charge in [-0.15, -0.1) is 21.5 Å². The van der Waals surface area contributed by atoms with Gasteiger partial charge in [0.05, 0.1) is 10.6 Å². The number of hydrogen-bond acceptors (Lipinski definition) is 5. The van der Waals surface area contributed by atoms with Gasteiger partial charge in [-0.05, 0) is 54.5 Å². The van der Waals surface area contributed by atoms with E-state index in [1.165, 1.54) is 17.3 Å². The van der Waals surface area contributed by atoms with Crippen molar-refractivity contribution in [3.63, 3.8) is 0 Å². The first-order valence-corrected chi connectivity index (χ1v) is 12.5. The van der Waals surface area contributed by atoms with E-state index in [-0.39, 0.29) is 11.7 Å². The van der Waals surface area contributed by atoms with Crippen LogP contribution in [-0.4, -0.2) is 26.4 Å². The molecule has 4 rings (SSSR count). The highest BCUT2D eigenvalue weighted by molar-refractivity contribution is 7.99. The number of para-hydroxylation sites is 1. The number of benzene rings is 2. The van der Waals surface area contributed by atoms with Gasteiger partial charge in [-0.2, -0.15) is 0 Å². The van der Waals surface area contributed by atoms with Crippen LogP contribution in [0.5, 0.6) is 0 Å². The lowest BCUT2D eigenvalue weighted by atomic mass is 9.97. The maximum Gasteiger partial charge on any atom is 0.234 e. The fraction of sp³-hybridized carbons (Fsp3) is 0.240. The zero-order chi connectivity index (χ0) is 22.5. The molecule has 0 spiro atoms. The van der Waals surface area contributed by atoms with Crippen molar-refractivity contribution in [1.82, 2.24) is 14.8 Å². The molecule has 1 atom stereocenters. The lowest BCUT2D eigenvalue weighted by molar-refractivity contribution is -0.113. The molecule has 0 aliphatic heterocycles. The van der Waals surface area contributed by atoms with E-state index < -0.39 is 0 Å². The molecule has 7 heteroatoms. The SMILES string of the molecule is CC[C@H](C)c1ccccc1NC(=O)CSc1nnc(-c2cccs2)n1-c1ccc(C)cc1. The number of carbonyl (C=O) groups is 1. The maximum atomic E-state index is 12.8. The van der Waals surface area contributed by atoms with Gasteiger partial charge in [0.1, 0.15) is 0 Å². The van der Waals surface area contributed by atoms with Crippen molar-refractivity contribution in [3.8, 4) is 16.4 Å². The predicted molar refractivity (Wildman–Crippen MR) is 134 cm³/mol. The van der Waals surface area contributed by atoms with Crippen LogP contribution in [0.2, 0.25) is 0 Å². The third-order valence-corrected chi connectivity index (χ3v) is 7.17. The Hall–Kier alpha value is -2.90. The van der Waals surface area contributed by atoms with Gasteiger partial charge in [0.15, 0.2) is 11.0 Å². The van der Waals surface area contributed by atoms with Crippen LogP contribution in [-0.2, 0) is 4.79 Å². The molecule has 0 unspecified atom stereocenters. The highest BCUT2D eigenvalue weighted by Crippen LogP contribution is 2.31. The van der Waals surface area contributed by atoms with Gasteiger partial charge in [0, 0.05) is 11.4 Å². The van der Waals surface area contributed by atoms with E-state index in [2.05, 4.69) is 66.6 Å². The lowest BCUT2D eigenvalue weighted by Crippen LogP contribution is -2.16. The van der Waals surface area contributed by atoms with Crippen molar-refractivity contribution in [2.75, 3.05) is 11.1 Å². The Morgan fingerprint density at radius 1 is 1.09 bits per heavy atom. The number of aryl methyl sites for hydroxylation is 1. The van der Waals surface area contributed by atoms with Crippen molar-refractivity contribution >= 4 is 34.7 Å². The molecule has 5 nitrogen and oxygen atoms in total. The molecule has 0 bridgehead atoms. The third kappa shape index (κ3) is 4.95. The van der Waals surface area contributed by atoms with Gasteiger partial charge in [0.25, 0.3) is 0 Å². The average Bonchev–Trinajstić information content (AvgIpc) is 3.48. The molecule has 2 aromatic heterocycles. The Labute approximate surface area is 196 Å². The molecule has 1 amide bonds. The molecular formula is C25H26N4OS2. The topological polar surface area (TPSA) is 59.8 Å². The number of anilines is 1. The summed E-state index contributed by atoms with van der Waals surface area (Å²) in [6.45, 7) is 6.39. The van der Waals surface area contributed by atoms with Gasteiger partial charge in [0.2, 0.25) is 5.91 Å². The van der Waals surface area contributed by atoms with Crippen LogP contribution in [0.15, 0.2) is 71.2 Å². The molecule has 0 radical (unpaired) electrons. The maximum absolute atomic E-state index is 12.8. The number of thioether (sulfide) groups is 1. The third-order valence-electron chi connectivity index (χ3n) is 5.38. The molecule has 0 saturated carbocycles. The van der Waals surface area contributed by atoms with Crippen molar-refractivity contribution < 1.29 is 4.79 Å². The Kier molecular flexibility index (Phi) is 7.07. The zero-order valence-corrected chi connectivity index (χ0v) is 20.0. The summed E-state index contributed by atoms with van der Waals surface area (Å²) < 4.78 is 2.02. The number of aromatic nitrogens is 3. The number of thiophene rings is 1. The van der Waals surface area contributed by atoms with Gasteiger partial charge in [-0.3, -0.25) is 9.36 Å². The van der Waals surface area contributed by atoms with E-state index in [1.54, 1.807) is 11.3 Å². The molecule has 4 aromatic rings. The van der Waals surface area contributed by atoms with Crippen molar-refractivity contribution in [1.29, 1.82) is 0 Å². The second-order valence-corrected chi connectivity index (χ2v) is 9.58. The number of carbonyl (C=O) groups excluding carboxylic acids is 1. The summed E-state index contributed by atoms with van der Waals surface area (Å²) in [6, 6.07) is 20.3. The molecule has 32 heavy (non-hydrogen) atoms. The molecule has 0 fully saturated rings. The second kappa shape index (κ2) is 10.1. The molecule has 1 N–H and O–H groups in total. The highest BCUT2D eigenvalue weighted by Gasteiger charge is 2.18. The molecule has 164 valence electrons. The smallest absolute Gasteiger partial charge is 0.234 e. The predicted octanol–water partition coefficient (Wildman–Crippen LogP) is 6.55. The van der Waals surface area contributed by atoms with Crippen LogP contribution in [0, 0.1) is 6.92 Å². The van der Waals surface area contributed by atoms with Crippen LogP contribution in [0.25, 0.3) is 16.4 Å². The summed E-state index contributed by atoms with van der Waals surface area (Å²) >= 11 is 3.02. The molecule has 2 aromatic carbocycles. The Bertz CT molecular complexity index is 1180. The Morgan fingerprint density at radius 2 is 1.88 bits per heavy atom. The average molecular weight is 463 g/mol. The fourth-order valence-electron chi connectivity index (χ4n) is 3.43. The van der Waals surface area contributed by atoms with Crippen molar-refractivity contribution in [3.05, 3.63) is 77.2 Å². The summed E-state index contributed by atoms with van der Waals surface area (Å²) in [5.74, 6) is 1.37. The quantitative estimate of drug-likeness (QED) is 0.302. The minimum atomic E-state index is -0.0538. The molecular weight excluding hydrogens is 436 g/mol. The first-order valence-electron chi connectivity index (χ1n) is 10.6. The highest BCUT2D eigenvalue weighted by atomic mass is 32.2. The zero-order valence-electron chi connectivity index (χ0n) is 18.4. The summed E-state index contributed by atoms with van der Waals surface area (Å²) in [4.78, 5) is 13.8. The second-order valence-electron chi connectivity index (χ2n) is 7.69. The van der Waals surface area contributed by atoms with E-state index in [0.29, 0.717) is 11.1 Å². The van der Waals surface area contributed by atoms with E-state index in [4.69, 9.17) is 0 Å². The Morgan fingerprint density at radius 3 is 2.59 bits per heavy atom. The summed E-state index contributed by atoms with van der Waals surface area (Å²) in [5.41, 5.74) is 4.21. The van der Waals surface area contributed by atoms with E-state index in [1.807, 2.05) is 40.3 Å². The summed E-state index contributed by atoms with van der Waals surface area (Å²) in [7, 11) is 0. The minimum Gasteiger partial charge on any atom is -0.325 e. The molecule has 2 heterocycles. The minimum absolute atomic E-state index is 0.0538. The monoisotopic (exact) mass is 462 g/mol. The van der Waals surface area contributed by atoms with Gasteiger partial charge >= 0.3 is 0 Å². The standard InChI is InChI=1S/C25H26N4OS2/c1-4-18(3)20-8-5-6-9-21(20)26-23(30)16-32-25-28-27-24(22-10-7-15-31-22)29(25)19-13-11-17(2)12-14-19/h5-15,18H,4,16H2,1-3H3,(H,26,30)/t18-/m0/s1. The summed E-state index contributed by atoms with van der Waals surface area (Å²) in [6.07, 6.45) is 1.02. The van der Waals surface area contributed by atoms with Crippen molar-refractivity contribution in [2.45, 2.75) is 38.3 Å². The normalized spacial score (nSPS) is 12.0. The number of rotatable bonds is 8. The first-order chi connectivity index (χ1) is 15.6. The Balaban J connectivity index is 1.55. The van der Waals surface area contributed by atoms with Crippen LogP contribution in [0.4, 0.5) is 5.69 Å². The van der Waals surface area contributed by atoms with Gasteiger partial charge in [-0.1, -0.05) is 67.6 Å². The fourth-order valence-corrected chi connectivity index (χ4v) is 4.88. The molecule has 0 saturated heterocycles. The largest absolute Gasteiger partial charge is 0.325 e. The van der Waals surface area contributed by atoms with Crippen LogP contribution in [0.3, 0.4) is 0 Å². The lowest BCUT2D eigenvalue weighted by Gasteiger charge is -2.15. The number of amides is 1.